The Balaban J connectivity index is 1.71. The second-order valence-electron chi connectivity index (χ2n) is 9.46. The molecule has 166 valence electrons. The number of nitrogens with zero attached hydrogens (tertiary/aromatic N) is 4. The van der Waals surface area contributed by atoms with Crippen molar-refractivity contribution in [3.8, 4) is 5.69 Å². The lowest BCUT2D eigenvalue weighted by Crippen LogP contribution is -1.95. The average molecular weight is 459 g/mol. The SMILES string of the molecule is c1ccc(-n2c3cccc4c5nc6ccccc6nc5n5c6ccccc6c6ccc2c(c43)c65)cc1. The smallest absolute Gasteiger partial charge is 0.165 e. The van der Waals surface area contributed by atoms with Crippen molar-refractivity contribution < 1.29 is 0 Å². The van der Waals surface area contributed by atoms with E-state index in [0.29, 0.717) is 0 Å². The highest BCUT2D eigenvalue weighted by Crippen LogP contribution is 2.44. The van der Waals surface area contributed by atoms with E-state index >= 15 is 0 Å². The van der Waals surface area contributed by atoms with Crippen LogP contribution in [-0.2, 0) is 0 Å². The van der Waals surface area contributed by atoms with E-state index in [-0.39, 0.29) is 0 Å². The number of hydrogen-bond donors (Lipinski definition) is 0. The lowest BCUT2D eigenvalue weighted by Gasteiger charge is -2.08. The van der Waals surface area contributed by atoms with E-state index in [1.165, 1.54) is 38.1 Å². The van der Waals surface area contributed by atoms with Crippen LogP contribution in [0.1, 0.15) is 0 Å². The van der Waals surface area contributed by atoms with Crippen LogP contribution in [0.4, 0.5) is 0 Å². The summed E-state index contributed by atoms with van der Waals surface area (Å²) in [5.41, 5.74) is 9.50. The lowest BCUT2D eigenvalue weighted by molar-refractivity contribution is 1.18. The van der Waals surface area contributed by atoms with E-state index in [9.17, 15) is 0 Å². The molecule has 4 nitrogen and oxygen atoms in total. The second-order valence-corrected chi connectivity index (χ2v) is 9.46. The zero-order chi connectivity index (χ0) is 23.4. The number of fused-ring (bicyclic) bond motifs is 7. The first-order valence-electron chi connectivity index (χ1n) is 12.2. The van der Waals surface area contributed by atoms with Gasteiger partial charge in [0.25, 0.3) is 0 Å². The monoisotopic (exact) mass is 458 g/mol. The minimum absolute atomic E-state index is 0.891. The Hall–Kier alpha value is -4.96. The summed E-state index contributed by atoms with van der Waals surface area (Å²) < 4.78 is 4.73. The van der Waals surface area contributed by atoms with Gasteiger partial charge in [0.05, 0.1) is 33.1 Å². The number of benzene rings is 5. The third-order valence-electron chi connectivity index (χ3n) is 7.62. The van der Waals surface area contributed by atoms with Crippen LogP contribution in [0.25, 0.3) is 76.9 Å². The van der Waals surface area contributed by atoms with E-state index in [4.69, 9.17) is 9.97 Å². The molecular formula is C32H18N4. The van der Waals surface area contributed by atoms with Crippen molar-refractivity contribution in [2.45, 2.75) is 0 Å². The van der Waals surface area contributed by atoms with Gasteiger partial charge in [0, 0.05) is 32.6 Å². The molecule has 4 heteroatoms. The summed E-state index contributed by atoms with van der Waals surface area (Å²) in [5.74, 6) is 0. The minimum atomic E-state index is 0.891. The third-order valence-corrected chi connectivity index (χ3v) is 7.62. The number of hydrogen-bond acceptors (Lipinski definition) is 2. The van der Waals surface area contributed by atoms with Crippen LogP contribution in [0.2, 0.25) is 0 Å². The van der Waals surface area contributed by atoms with E-state index in [1.807, 2.05) is 18.2 Å². The van der Waals surface area contributed by atoms with Gasteiger partial charge in [-0.05, 0) is 42.5 Å². The van der Waals surface area contributed by atoms with E-state index in [1.54, 1.807) is 0 Å². The summed E-state index contributed by atoms with van der Waals surface area (Å²) in [5, 5.41) is 6.08. The van der Waals surface area contributed by atoms with Crippen LogP contribution >= 0.6 is 0 Å². The summed E-state index contributed by atoms with van der Waals surface area (Å²) in [6.07, 6.45) is 0. The molecule has 0 fully saturated rings. The fourth-order valence-corrected chi connectivity index (χ4v) is 6.20. The Bertz CT molecular complexity index is 2310. The highest BCUT2D eigenvalue weighted by Gasteiger charge is 2.23. The maximum Gasteiger partial charge on any atom is 0.165 e. The van der Waals surface area contributed by atoms with Crippen LogP contribution in [0.5, 0.6) is 0 Å². The molecule has 9 aromatic rings. The maximum absolute atomic E-state index is 5.23. The van der Waals surface area contributed by atoms with Crippen LogP contribution in [0.15, 0.2) is 109 Å². The summed E-state index contributed by atoms with van der Waals surface area (Å²) in [7, 11) is 0. The minimum Gasteiger partial charge on any atom is -0.309 e. The molecule has 9 rings (SSSR count). The molecule has 0 N–H and O–H groups in total. The molecule has 4 aromatic heterocycles. The normalized spacial score (nSPS) is 12.4. The highest BCUT2D eigenvalue weighted by atomic mass is 15.0. The predicted molar refractivity (Wildman–Crippen MR) is 149 cm³/mol. The summed E-state index contributed by atoms with van der Waals surface area (Å²) in [6, 6.07) is 38.6. The Morgan fingerprint density at radius 3 is 2.06 bits per heavy atom. The number of rotatable bonds is 1. The van der Waals surface area contributed by atoms with Gasteiger partial charge in [-0.2, -0.15) is 0 Å². The standard InChI is InChI=1S/C32H18N4/c1-2-9-19(10-3-1)35-26-16-8-12-22-28(26)29-27(35)18-17-21-20-11-4-7-15-25(20)36(31(21)29)32-30(22)33-23-13-5-6-14-24(23)34-32/h1-18H. The van der Waals surface area contributed by atoms with Gasteiger partial charge in [-0.15, -0.1) is 0 Å². The van der Waals surface area contributed by atoms with Gasteiger partial charge in [0.2, 0.25) is 0 Å². The molecule has 0 bridgehead atoms. The molecule has 5 aromatic carbocycles. The summed E-state index contributed by atoms with van der Waals surface area (Å²) in [6.45, 7) is 0. The molecule has 0 aliphatic heterocycles. The molecular weight excluding hydrogens is 440 g/mol. The third kappa shape index (κ3) is 2.11. The molecule has 36 heavy (non-hydrogen) atoms. The van der Waals surface area contributed by atoms with Gasteiger partial charge in [0.1, 0.15) is 5.52 Å². The van der Waals surface area contributed by atoms with Crippen LogP contribution < -0.4 is 0 Å². The van der Waals surface area contributed by atoms with Crippen LogP contribution in [-0.4, -0.2) is 18.9 Å². The first kappa shape index (κ1) is 18.4. The van der Waals surface area contributed by atoms with Gasteiger partial charge < -0.3 is 4.57 Å². The molecule has 0 atom stereocenters. The highest BCUT2D eigenvalue weighted by molar-refractivity contribution is 6.32. The summed E-state index contributed by atoms with van der Waals surface area (Å²) >= 11 is 0. The summed E-state index contributed by atoms with van der Waals surface area (Å²) in [4.78, 5) is 10.5. The van der Waals surface area contributed by atoms with Crippen molar-refractivity contribution in [2.75, 3.05) is 0 Å². The first-order valence-corrected chi connectivity index (χ1v) is 12.2. The van der Waals surface area contributed by atoms with Crippen molar-refractivity contribution in [1.29, 1.82) is 0 Å². The fraction of sp³-hybridized carbons (Fsp3) is 0. The average Bonchev–Trinajstić information content (AvgIpc) is 3.41. The van der Waals surface area contributed by atoms with Crippen LogP contribution in [0, 0.1) is 0 Å². The molecule has 0 aliphatic rings. The Morgan fingerprint density at radius 1 is 0.472 bits per heavy atom. The topological polar surface area (TPSA) is 35.1 Å². The second kappa shape index (κ2) is 6.37. The molecule has 0 amide bonds. The van der Waals surface area contributed by atoms with Crippen molar-refractivity contribution in [3.05, 3.63) is 109 Å². The van der Waals surface area contributed by atoms with E-state index in [0.717, 1.165) is 38.8 Å². The van der Waals surface area contributed by atoms with Crippen molar-refractivity contribution in [3.63, 3.8) is 0 Å². The van der Waals surface area contributed by atoms with Gasteiger partial charge in [0.15, 0.2) is 5.65 Å². The molecule has 0 saturated carbocycles. The van der Waals surface area contributed by atoms with Gasteiger partial charge in [-0.1, -0.05) is 66.7 Å². The predicted octanol–water partition coefficient (Wildman–Crippen LogP) is 7.88. The van der Waals surface area contributed by atoms with Gasteiger partial charge >= 0.3 is 0 Å². The van der Waals surface area contributed by atoms with Crippen molar-refractivity contribution >= 4 is 71.2 Å². The van der Waals surface area contributed by atoms with Crippen LogP contribution in [0.3, 0.4) is 0 Å². The molecule has 0 unspecified atom stereocenters. The molecule has 0 radical (unpaired) electrons. The van der Waals surface area contributed by atoms with Crippen molar-refractivity contribution in [1.82, 2.24) is 18.9 Å². The van der Waals surface area contributed by atoms with E-state index in [2.05, 4.69) is 100.0 Å². The van der Waals surface area contributed by atoms with E-state index < -0.39 is 0 Å². The van der Waals surface area contributed by atoms with Gasteiger partial charge in [-0.25, -0.2) is 9.97 Å². The Kier molecular flexibility index (Phi) is 3.25. The zero-order valence-corrected chi connectivity index (χ0v) is 19.2. The zero-order valence-electron chi connectivity index (χ0n) is 19.2. The number of aromatic nitrogens is 4. The Morgan fingerprint density at radius 2 is 1.17 bits per heavy atom. The maximum atomic E-state index is 5.23. The van der Waals surface area contributed by atoms with Gasteiger partial charge in [-0.3, -0.25) is 4.40 Å². The lowest BCUT2D eigenvalue weighted by atomic mass is 10.1. The quantitative estimate of drug-likeness (QED) is 0.251. The molecule has 0 saturated heterocycles. The largest absolute Gasteiger partial charge is 0.309 e. The Labute approximate surface area is 205 Å². The molecule has 4 heterocycles. The fourth-order valence-electron chi connectivity index (χ4n) is 6.20. The first-order chi connectivity index (χ1) is 17.9. The molecule has 0 aliphatic carbocycles. The number of para-hydroxylation sites is 4. The molecule has 0 spiro atoms. The van der Waals surface area contributed by atoms with Crippen molar-refractivity contribution in [2.24, 2.45) is 0 Å².